The first-order valence-electron chi connectivity index (χ1n) is 4.38. The van der Waals surface area contributed by atoms with E-state index in [2.05, 4.69) is 12.6 Å². The van der Waals surface area contributed by atoms with Crippen LogP contribution in [0.25, 0.3) is 0 Å². The third-order valence-corrected chi connectivity index (χ3v) is 2.25. The van der Waals surface area contributed by atoms with Crippen molar-refractivity contribution >= 4 is 12.6 Å². The van der Waals surface area contributed by atoms with E-state index in [-0.39, 0.29) is 6.29 Å². The standard InChI is InChI=1S/C10H12O2S/c13-9-4-1-3-8(7-9)10-11-5-2-6-12-10/h1,3-4,7,10,13H,2,5-6H2. The van der Waals surface area contributed by atoms with Crippen molar-refractivity contribution in [3.05, 3.63) is 29.8 Å². The van der Waals surface area contributed by atoms with E-state index in [0.29, 0.717) is 0 Å². The maximum absolute atomic E-state index is 5.46. The molecule has 0 aliphatic carbocycles. The van der Waals surface area contributed by atoms with E-state index in [1.807, 2.05) is 24.3 Å². The van der Waals surface area contributed by atoms with Crippen LogP contribution in [0.2, 0.25) is 0 Å². The molecule has 0 aromatic heterocycles. The van der Waals surface area contributed by atoms with E-state index >= 15 is 0 Å². The minimum absolute atomic E-state index is 0.194. The van der Waals surface area contributed by atoms with E-state index in [1.54, 1.807) is 0 Å². The molecular weight excluding hydrogens is 184 g/mol. The first-order chi connectivity index (χ1) is 6.36. The van der Waals surface area contributed by atoms with Crippen molar-refractivity contribution in [2.75, 3.05) is 13.2 Å². The first-order valence-corrected chi connectivity index (χ1v) is 4.83. The normalized spacial score (nSPS) is 18.8. The van der Waals surface area contributed by atoms with Gasteiger partial charge in [-0.1, -0.05) is 12.1 Å². The second-order valence-electron chi connectivity index (χ2n) is 3.02. The number of hydrogen-bond donors (Lipinski definition) is 1. The summed E-state index contributed by atoms with van der Waals surface area (Å²) in [6, 6.07) is 7.86. The van der Waals surface area contributed by atoms with Crippen molar-refractivity contribution in [1.29, 1.82) is 0 Å². The van der Waals surface area contributed by atoms with Crippen LogP contribution in [0.1, 0.15) is 18.3 Å². The van der Waals surface area contributed by atoms with Gasteiger partial charge in [0.1, 0.15) is 0 Å². The third kappa shape index (κ3) is 2.24. The molecule has 0 N–H and O–H groups in total. The molecule has 2 rings (SSSR count). The molecule has 1 heterocycles. The Bertz CT molecular complexity index is 282. The van der Waals surface area contributed by atoms with Crippen molar-refractivity contribution in [2.45, 2.75) is 17.6 Å². The van der Waals surface area contributed by atoms with Crippen molar-refractivity contribution in [3.63, 3.8) is 0 Å². The SMILES string of the molecule is Sc1cccc(C2OCCCO2)c1. The van der Waals surface area contributed by atoms with Crippen LogP contribution in [-0.2, 0) is 9.47 Å². The second-order valence-corrected chi connectivity index (χ2v) is 3.54. The summed E-state index contributed by atoms with van der Waals surface area (Å²) < 4.78 is 10.9. The average molecular weight is 196 g/mol. The molecule has 1 aromatic carbocycles. The zero-order valence-electron chi connectivity index (χ0n) is 7.27. The van der Waals surface area contributed by atoms with Crippen molar-refractivity contribution < 1.29 is 9.47 Å². The lowest BCUT2D eigenvalue weighted by atomic mass is 10.2. The topological polar surface area (TPSA) is 18.5 Å². The number of hydrogen-bond acceptors (Lipinski definition) is 3. The number of benzene rings is 1. The quantitative estimate of drug-likeness (QED) is 0.695. The summed E-state index contributed by atoms with van der Waals surface area (Å²) in [5, 5.41) is 0. The molecular formula is C10H12O2S. The van der Waals surface area contributed by atoms with E-state index in [1.165, 1.54) is 0 Å². The van der Waals surface area contributed by atoms with Gasteiger partial charge < -0.3 is 9.47 Å². The maximum Gasteiger partial charge on any atom is 0.183 e. The van der Waals surface area contributed by atoms with E-state index in [0.717, 1.165) is 30.1 Å². The molecule has 13 heavy (non-hydrogen) atoms. The van der Waals surface area contributed by atoms with Crippen molar-refractivity contribution in [2.24, 2.45) is 0 Å². The van der Waals surface area contributed by atoms with Gasteiger partial charge in [-0.2, -0.15) is 0 Å². The molecule has 1 fully saturated rings. The molecule has 3 heteroatoms. The van der Waals surface area contributed by atoms with Crippen LogP contribution < -0.4 is 0 Å². The summed E-state index contributed by atoms with van der Waals surface area (Å²) >= 11 is 4.26. The summed E-state index contributed by atoms with van der Waals surface area (Å²) in [5.74, 6) is 0. The average Bonchev–Trinajstić information content (AvgIpc) is 2.19. The summed E-state index contributed by atoms with van der Waals surface area (Å²) in [6.45, 7) is 1.56. The van der Waals surface area contributed by atoms with Gasteiger partial charge in [-0.3, -0.25) is 0 Å². The molecule has 1 aliphatic rings. The molecule has 70 valence electrons. The monoisotopic (exact) mass is 196 g/mol. The van der Waals surface area contributed by atoms with Crippen LogP contribution in [0.5, 0.6) is 0 Å². The molecule has 0 spiro atoms. The highest BCUT2D eigenvalue weighted by molar-refractivity contribution is 7.80. The summed E-state index contributed by atoms with van der Waals surface area (Å²) in [6.07, 6.45) is 0.790. The van der Waals surface area contributed by atoms with Gasteiger partial charge in [-0.15, -0.1) is 12.6 Å². The first kappa shape index (κ1) is 9.06. The highest BCUT2D eigenvalue weighted by Gasteiger charge is 2.15. The fraction of sp³-hybridized carbons (Fsp3) is 0.400. The van der Waals surface area contributed by atoms with Gasteiger partial charge in [-0.25, -0.2) is 0 Å². The molecule has 0 atom stereocenters. The minimum Gasteiger partial charge on any atom is -0.348 e. The van der Waals surface area contributed by atoms with Gasteiger partial charge in [0.05, 0.1) is 13.2 Å². The number of rotatable bonds is 1. The molecule has 1 aliphatic heterocycles. The smallest absolute Gasteiger partial charge is 0.183 e. The summed E-state index contributed by atoms with van der Waals surface area (Å²) in [5.41, 5.74) is 1.05. The van der Waals surface area contributed by atoms with Gasteiger partial charge in [0.15, 0.2) is 6.29 Å². The van der Waals surface area contributed by atoms with Crippen LogP contribution in [0.4, 0.5) is 0 Å². The van der Waals surface area contributed by atoms with Crippen LogP contribution in [0.3, 0.4) is 0 Å². The zero-order chi connectivity index (χ0) is 9.10. The lowest BCUT2D eigenvalue weighted by molar-refractivity contribution is -0.183. The fourth-order valence-electron chi connectivity index (χ4n) is 1.35. The minimum atomic E-state index is -0.194. The molecule has 0 bridgehead atoms. The van der Waals surface area contributed by atoms with Gasteiger partial charge in [0.2, 0.25) is 0 Å². The Hall–Kier alpha value is -0.510. The predicted molar refractivity (Wildman–Crippen MR) is 53.0 cm³/mol. The second kappa shape index (κ2) is 4.13. The van der Waals surface area contributed by atoms with E-state index in [9.17, 15) is 0 Å². The van der Waals surface area contributed by atoms with Crippen LogP contribution in [0, 0.1) is 0 Å². The molecule has 1 aromatic rings. The lowest BCUT2D eigenvalue weighted by Crippen LogP contribution is -2.17. The Balaban J connectivity index is 2.14. The molecule has 0 unspecified atom stereocenters. The predicted octanol–water partition coefficient (Wildman–Crippen LogP) is 2.41. The highest BCUT2D eigenvalue weighted by Crippen LogP contribution is 2.24. The number of ether oxygens (including phenoxy) is 2. The Morgan fingerprint density at radius 2 is 2.00 bits per heavy atom. The highest BCUT2D eigenvalue weighted by atomic mass is 32.1. The van der Waals surface area contributed by atoms with Gasteiger partial charge >= 0.3 is 0 Å². The molecule has 0 saturated carbocycles. The van der Waals surface area contributed by atoms with E-state index in [4.69, 9.17) is 9.47 Å². The van der Waals surface area contributed by atoms with E-state index < -0.39 is 0 Å². The third-order valence-electron chi connectivity index (χ3n) is 1.97. The lowest BCUT2D eigenvalue weighted by Gasteiger charge is -2.23. The number of thiol groups is 1. The van der Waals surface area contributed by atoms with Crippen molar-refractivity contribution in [3.8, 4) is 0 Å². The van der Waals surface area contributed by atoms with Gasteiger partial charge in [-0.05, 0) is 18.6 Å². The van der Waals surface area contributed by atoms with Crippen molar-refractivity contribution in [1.82, 2.24) is 0 Å². The van der Waals surface area contributed by atoms with Gasteiger partial charge in [0.25, 0.3) is 0 Å². The fourth-order valence-corrected chi connectivity index (χ4v) is 1.59. The zero-order valence-corrected chi connectivity index (χ0v) is 8.17. The molecule has 1 saturated heterocycles. The summed E-state index contributed by atoms with van der Waals surface area (Å²) in [7, 11) is 0. The molecule has 0 amide bonds. The Kier molecular flexibility index (Phi) is 2.88. The van der Waals surface area contributed by atoms with Gasteiger partial charge in [0, 0.05) is 10.5 Å². The Morgan fingerprint density at radius 1 is 1.23 bits per heavy atom. The van der Waals surface area contributed by atoms with Crippen LogP contribution in [0.15, 0.2) is 29.2 Å². The Morgan fingerprint density at radius 3 is 2.69 bits per heavy atom. The van der Waals surface area contributed by atoms with Crippen LogP contribution >= 0.6 is 12.6 Å². The largest absolute Gasteiger partial charge is 0.348 e. The Labute approximate surface area is 83.3 Å². The van der Waals surface area contributed by atoms with Crippen LogP contribution in [-0.4, -0.2) is 13.2 Å². The summed E-state index contributed by atoms with van der Waals surface area (Å²) in [4.78, 5) is 0.940. The molecule has 2 nitrogen and oxygen atoms in total. The molecule has 0 radical (unpaired) electrons. The maximum atomic E-state index is 5.46.